The average Bonchev–Trinajstić information content (AvgIpc) is 3.01. The van der Waals surface area contributed by atoms with Crippen molar-refractivity contribution in [3.8, 4) is 0 Å². The van der Waals surface area contributed by atoms with E-state index < -0.39 is 34.5 Å². The summed E-state index contributed by atoms with van der Waals surface area (Å²) in [5, 5.41) is 7.64. The third-order valence-corrected chi connectivity index (χ3v) is 6.87. The van der Waals surface area contributed by atoms with Crippen LogP contribution in [0.1, 0.15) is 38.2 Å². The number of sulfonamides is 1. The average molecular weight is 466 g/mol. The summed E-state index contributed by atoms with van der Waals surface area (Å²) in [7, 11) is -3.76. The van der Waals surface area contributed by atoms with Crippen molar-refractivity contribution in [3.63, 3.8) is 0 Å². The maximum atomic E-state index is 12.6. The van der Waals surface area contributed by atoms with Crippen molar-refractivity contribution in [2.45, 2.75) is 50.0 Å². The number of nitrogens with two attached hydrogens (primary N) is 1. The standard InChI is InChI=1S/C21H27N3O7S/c1-13(24-19(26)16-4-2-3-5-17(16)20(24)27)21(28)31-12-18(25)23-11-10-14-6-8-15(9-7-14)32(22,29)30/h6-9,13,16-17H,2-5,10-12H2,1H3,(H,23,25)(H2,22,29,30)/t13-,16?,17?/m0/s1. The molecule has 174 valence electrons. The van der Waals surface area contributed by atoms with E-state index in [4.69, 9.17) is 9.88 Å². The lowest BCUT2D eigenvalue weighted by Gasteiger charge is -2.21. The topological polar surface area (TPSA) is 153 Å². The molecule has 0 aromatic heterocycles. The van der Waals surface area contributed by atoms with Gasteiger partial charge in [-0.15, -0.1) is 0 Å². The molecule has 0 bridgehead atoms. The van der Waals surface area contributed by atoms with E-state index in [0.717, 1.165) is 23.3 Å². The quantitative estimate of drug-likeness (QED) is 0.408. The zero-order chi connectivity index (χ0) is 23.5. The molecular weight excluding hydrogens is 438 g/mol. The highest BCUT2D eigenvalue weighted by molar-refractivity contribution is 7.89. The van der Waals surface area contributed by atoms with Gasteiger partial charge in [-0.3, -0.25) is 19.3 Å². The van der Waals surface area contributed by atoms with Gasteiger partial charge < -0.3 is 10.1 Å². The van der Waals surface area contributed by atoms with E-state index in [1.807, 2.05) is 0 Å². The predicted molar refractivity (Wildman–Crippen MR) is 112 cm³/mol. The van der Waals surface area contributed by atoms with Crippen molar-refractivity contribution >= 4 is 33.7 Å². The molecule has 3 N–H and O–H groups in total. The Morgan fingerprint density at radius 2 is 1.69 bits per heavy atom. The van der Waals surface area contributed by atoms with Crippen LogP contribution in [-0.4, -0.2) is 56.2 Å². The molecule has 3 rings (SSSR count). The minimum atomic E-state index is -3.76. The lowest BCUT2D eigenvalue weighted by Crippen LogP contribution is -2.45. The molecular formula is C21H27N3O7S. The van der Waals surface area contributed by atoms with Crippen LogP contribution >= 0.6 is 0 Å². The maximum Gasteiger partial charge on any atom is 0.329 e. The number of ether oxygens (including phenoxy) is 1. The van der Waals surface area contributed by atoms with Crippen LogP contribution in [0.5, 0.6) is 0 Å². The Balaban J connectivity index is 1.43. The maximum absolute atomic E-state index is 12.6. The first-order chi connectivity index (χ1) is 15.1. The third-order valence-electron chi connectivity index (χ3n) is 5.94. The number of esters is 1. The van der Waals surface area contributed by atoms with Gasteiger partial charge in [0.1, 0.15) is 6.04 Å². The molecule has 1 aromatic rings. The second-order valence-corrected chi connectivity index (χ2v) is 9.68. The molecule has 0 radical (unpaired) electrons. The summed E-state index contributed by atoms with van der Waals surface area (Å²) in [6, 6.07) is 4.87. The van der Waals surface area contributed by atoms with E-state index in [0.29, 0.717) is 19.3 Å². The Bertz CT molecular complexity index is 983. The number of hydrogen-bond donors (Lipinski definition) is 2. The van der Waals surface area contributed by atoms with Crippen molar-refractivity contribution in [3.05, 3.63) is 29.8 Å². The molecule has 11 heteroatoms. The number of benzene rings is 1. The number of nitrogens with zero attached hydrogens (tertiary/aromatic N) is 1. The molecule has 1 heterocycles. The highest BCUT2D eigenvalue weighted by Gasteiger charge is 2.51. The van der Waals surface area contributed by atoms with Gasteiger partial charge in [-0.2, -0.15) is 0 Å². The van der Waals surface area contributed by atoms with Crippen LogP contribution in [0.15, 0.2) is 29.2 Å². The van der Waals surface area contributed by atoms with Crippen molar-refractivity contribution in [2.24, 2.45) is 17.0 Å². The molecule has 1 aromatic carbocycles. The summed E-state index contributed by atoms with van der Waals surface area (Å²) >= 11 is 0. The second kappa shape index (κ2) is 9.78. The highest BCUT2D eigenvalue weighted by Crippen LogP contribution is 2.38. The number of imide groups is 1. The van der Waals surface area contributed by atoms with Gasteiger partial charge in [0.2, 0.25) is 21.8 Å². The van der Waals surface area contributed by atoms with Gasteiger partial charge in [0.05, 0.1) is 16.7 Å². The van der Waals surface area contributed by atoms with Gasteiger partial charge in [-0.25, -0.2) is 18.4 Å². The first-order valence-corrected chi connectivity index (χ1v) is 12.1. The smallest absolute Gasteiger partial charge is 0.329 e. The Morgan fingerprint density at radius 3 is 2.22 bits per heavy atom. The van der Waals surface area contributed by atoms with Gasteiger partial charge in [0.25, 0.3) is 5.91 Å². The predicted octanol–water partition coefficient (Wildman–Crippen LogP) is 0.0996. The summed E-state index contributed by atoms with van der Waals surface area (Å²) in [6.07, 6.45) is 3.52. The molecule has 2 unspecified atom stereocenters. The number of rotatable bonds is 8. The molecule has 3 atom stereocenters. The van der Waals surface area contributed by atoms with Crippen LogP contribution < -0.4 is 10.5 Å². The van der Waals surface area contributed by atoms with E-state index in [9.17, 15) is 27.6 Å². The summed E-state index contributed by atoms with van der Waals surface area (Å²) in [6.45, 7) is 1.14. The zero-order valence-electron chi connectivity index (χ0n) is 17.8. The monoisotopic (exact) mass is 465 g/mol. The van der Waals surface area contributed by atoms with Crippen molar-refractivity contribution in [1.29, 1.82) is 0 Å². The summed E-state index contributed by atoms with van der Waals surface area (Å²) in [5.74, 6) is -2.70. The fourth-order valence-electron chi connectivity index (χ4n) is 4.18. The van der Waals surface area contributed by atoms with Crippen LogP contribution in [-0.2, 0) is 40.4 Å². The number of likely N-dealkylation sites (tertiary alicyclic amines) is 1. The lowest BCUT2D eigenvalue weighted by atomic mass is 9.81. The first-order valence-electron chi connectivity index (χ1n) is 10.5. The van der Waals surface area contributed by atoms with Gasteiger partial charge >= 0.3 is 5.97 Å². The summed E-state index contributed by atoms with van der Waals surface area (Å²) in [4.78, 5) is 50.4. The SMILES string of the molecule is C[C@@H](C(=O)OCC(=O)NCCc1ccc(S(N)(=O)=O)cc1)N1C(=O)C2CCCCC2C1=O. The Morgan fingerprint density at radius 1 is 1.12 bits per heavy atom. The normalized spacial score (nSPS) is 21.8. The minimum Gasteiger partial charge on any atom is -0.454 e. The largest absolute Gasteiger partial charge is 0.454 e. The van der Waals surface area contributed by atoms with E-state index in [1.54, 1.807) is 12.1 Å². The fourth-order valence-corrected chi connectivity index (χ4v) is 4.69. The first kappa shape index (κ1) is 23.9. The molecule has 10 nitrogen and oxygen atoms in total. The van der Waals surface area contributed by atoms with Crippen LogP contribution in [0.25, 0.3) is 0 Å². The number of carbonyl (C=O) groups is 4. The van der Waals surface area contributed by atoms with Gasteiger partial charge in [0.15, 0.2) is 6.61 Å². The molecule has 2 fully saturated rings. The minimum absolute atomic E-state index is 0.000496. The van der Waals surface area contributed by atoms with Crippen molar-refractivity contribution < 1.29 is 32.3 Å². The van der Waals surface area contributed by atoms with Crippen molar-refractivity contribution in [1.82, 2.24) is 10.2 Å². The third kappa shape index (κ3) is 5.33. The number of carbonyl (C=O) groups excluding carboxylic acids is 4. The van der Waals surface area contributed by atoms with Crippen LogP contribution in [0, 0.1) is 11.8 Å². The molecule has 1 aliphatic carbocycles. The molecule has 1 saturated carbocycles. The number of hydrogen-bond acceptors (Lipinski definition) is 7. The molecule has 3 amide bonds. The van der Waals surface area contributed by atoms with Crippen molar-refractivity contribution in [2.75, 3.05) is 13.2 Å². The van der Waals surface area contributed by atoms with E-state index in [-0.39, 0.29) is 35.1 Å². The fraction of sp³-hybridized carbons (Fsp3) is 0.524. The Kier molecular flexibility index (Phi) is 7.29. The summed E-state index contributed by atoms with van der Waals surface area (Å²) < 4.78 is 27.5. The molecule has 32 heavy (non-hydrogen) atoms. The second-order valence-electron chi connectivity index (χ2n) is 8.12. The molecule has 1 aliphatic heterocycles. The zero-order valence-corrected chi connectivity index (χ0v) is 18.6. The lowest BCUT2D eigenvalue weighted by molar-refractivity contribution is -0.159. The van der Waals surface area contributed by atoms with E-state index in [1.165, 1.54) is 19.1 Å². The molecule has 1 saturated heterocycles. The van der Waals surface area contributed by atoms with Crippen LogP contribution in [0.4, 0.5) is 0 Å². The number of fused-ring (bicyclic) bond motifs is 1. The van der Waals surface area contributed by atoms with Crippen LogP contribution in [0.2, 0.25) is 0 Å². The van der Waals surface area contributed by atoms with Gasteiger partial charge in [-0.1, -0.05) is 25.0 Å². The highest BCUT2D eigenvalue weighted by atomic mass is 32.2. The number of primary sulfonamides is 1. The summed E-state index contributed by atoms with van der Waals surface area (Å²) in [5.41, 5.74) is 0.788. The number of amides is 3. The number of nitrogens with one attached hydrogen (secondary N) is 1. The van der Waals surface area contributed by atoms with E-state index >= 15 is 0 Å². The van der Waals surface area contributed by atoms with Gasteiger partial charge in [0, 0.05) is 6.54 Å². The van der Waals surface area contributed by atoms with Gasteiger partial charge in [-0.05, 0) is 43.9 Å². The van der Waals surface area contributed by atoms with Crippen LogP contribution in [0.3, 0.4) is 0 Å². The van der Waals surface area contributed by atoms with E-state index in [2.05, 4.69) is 5.32 Å². The Labute approximate surface area is 186 Å². The molecule has 0 spiro atoms. The molecule has 2 aliphatic rings. The Hall–Kier alpha value is -2.79.